The van der Waals surface area contributed by atoms with Crippen molar-refractivity contribution in [2.75, 3.05) is 45.8 Å². The highest BCUT2D eigenvalue weighted by Crippen LogP contribution is 2.41. The maximum atomic E-state index is 14.0. The van der Waals surface area contributed by atoms with E-state index in [2.05, 4.69) is 10.2 Å². The van der Waals surface area contributed by atoms with Gasteiger partial charge in [0.1, 0.15) is 6.61 Å². The van der Waals surface area contributed by atoms with Crippen LogP contribution < -0.4 is 11.1 Å². The molecule has 1 aliphatic heterocycles. The summed E-state index contributed by atoms with van der Waals surface area (Å²) in [5.74, 6) is -7.12. The predicted octanol–water partition coefficient (Wildman–Crippen LogP) is 7.07. The molecule has 3 rings (SSSR count). The van der Waals surface area contributed by atoms with Crippen molar-refractivity contribution in [1.29, 1.82) is 0 Å². The number of carboxylic acid groups (broad SMARTS) is 1. The van der Waals surface area contributed by atoms with Gasteiger partial charge in [-0.15, -0.1) is 0 Å². The summed E-state index contributed by atoms with van der Waals surface area (Å²) >= 11 is 13.0. The van der Waals surface area contributed by atoms with Crippen LogP contribution in [0.2, 0.25) is 10.0 Å². The van der Waals surface area contributed by atoms with Crippen LogP contribution in [0, 0.1) is 29.1 Å². The zero-order valence-electron chi connectivity index (χ0n) is 32.8. The number of hydrogen-bond acceptors (Lipinski definition) is 9. The van der Waals surface area contributed by atoms with Crippen LogP contribution in [0.1, 0.15) is 95.2 Å². The Kier molecular flexibility index (Phi) is 17.9. The number of primary amides is 1. The molecule has 2 aromatic carbocycles. The number of anilines is 1. The lowest BCUT2D eigenvalue weighted by Crippen LogP contribution is -2.41. The Balaban J connectivity index is 1.90. The van der Waals surface area contributed by atoms with Gasteiger partial charge in [0.05, 0.1) is 30.5 Å². The first-order valence-electron chi connectivity index (χ1n) is 18.9. The monoisotopic (exact) mass is 805 g/mol. The number of carboxylic acids is 1. The van der Waals surface area contributed by atoms with Gasteiger partial charge in [-0.2, -0.15) is 0 Å². The van der Waals surface area contributed by atoms with Gasteiger partial charge in [-0.1, -0.05) is 62.5 Å². The van der Waals surface area contributed by atoms with Gasteiger partial charge in [0.2, 0.25) is 11.8 Å². The Morgan fingerprint density at radius 2 is 1.71 bits per heavy atom. The highest BCUT2D eigenvalue weighted by atomic mass is 35.5. The number of hydrogen-bond donors (Lipinski definition) is 3. The van der Waals surface area contributed by atoms with Crippen LogP contribution in [-0.4, -0.2) is 80.3 Å². The Morgan fingerprint density at radius 1 is 1.00 bits per heavy atom. The quantitative estimate of drug-likeness (QED) is 0.0825. The molecule has 304 valence electrons. The summed E-state index contributed by atoms with van der Waals surface area (Å²) in [6, 6.07) is 11.3. The Labute approximate surface area is 334 Å². The minimum Gasteiger partial charge on any atom is -0.481 e. The average Bonchev–Trinajstić information content (AvgIpc) is 3.13. The number of amides is 2. The number of fused-ring (bicyclic) bond motifs is 1. The molecular formula is C41H57Cl2N3O9. The minimum atomic E-state index is -1.41. The van der Waals surface area contributed by atoms with E-state index in [1.54, 1.807) is 19.1 Å². The Bertz CT molecular complexity index is 1660. The van der Waals surface area contributed by atoms with Crippen molar-refractivity contribution in [2.24, 2.45) is 34.8 Å². The van der Waals surface area contributed by atoms with Crippen LogP contribution in [-0.2, 0) is 44.7 Å². The standard InChI is InChI=1S/C41H57Cl2N3O9/c1-7-9-13-54-39(51)28(16-25(3)38(49)50)17-29(36(44)47)22-41(4,40(52)55-15-14-53-6)21-26(8-2)37(48)45-31-12-10-11-27(18-31)33-23-46(5)24-34-32(33)19-30(42)20-35(34)43/h10-12,18-20,25-26,28-29,33H,7-9,13-17,21-24H2,1-6H3,(H2,44,47)(H,45,48)(H,49,50). The second kappa shape index (κ2) is 21.6. The lowest BCUT2D eigenvalue weighted by molar-refractivity contribution is -0.159. The second-order valence-corrected chi connectivity index (χ2v) is 15.9. The second-order valence-electron chi connectivity index (χ2n) is 15.1. The number of esters is 2. The third-order valence-corrected chi connectivity index (χ3v) is 11.0. The first-order valence-corrected chi connectivity index (χ1v) is 19.7. The summed E-state index contributed by atoms with van der Waals surface area (Å²) in [6.07, 6.45) is 1.40. The molecule has 55 heavy (non-hydrogen) atoms. The van der Waals surface area contributed by atoms with Crippen molar-refractivity contribution in [2.45, 2.75) is 85.1 Å². The van der Waals surface area contributed by atoms with Gasteiger partial charge < -0.3 is 35.3 Å². The molecule has 2 aromatic rings. The zero-order valence-corrected chi connectivity index (χ0v) is 34.3. The number of nitrogens with zero attached hydrogens (tertiary/aromatic N) is 1. The largest absolute Gasteiger partial charge is 0.481 e. The van der Waals surface area contributed by atoms with Crippen LogP contribution in [0.4, 0.5) is 5.69 Å². The van der Waals surface area contributed by atoms with E-state index in [4.69, 9.17) is 43.1 Å². The number of carbonyl (C=O) groups excluding carboxylic acids is 4. The summed E-state index contributed by atoms with van der Waals surface area (Å²) < 4.78 is 16.1. The van der Waals surface area contributed by atoms with E-state index in [-0.39, 0.29) is 57.3 Å². The summed E-state index contributed by atoms with van der Waals surface area (Å²) in [5.41, 5.74) is 8.08. The minimum absolute atomic E-state index is 0.000442. The number of carbonyl (C=O) groups is 5. The molecule has 2 amide bonds. The highest BCUT2D eigenvalue weighted by molar-refractivity contribution is 6.35. The number of nitrogens with two attached hydrogens (primary N) is 1. The van der Waals surface area contributed by atoms with Crippen molar-refractivity contribution in [3.63, 3.8) is 0 Å². The summed E-state index contributed by atoms with van der Waals surface area (Å²) in [6.45, 7) is 8.51. The fourth-order valence-corrected chi connectivity index (χ4v) is 7.82. The van der Waals surface area contributed by atoms with Gasteiger partial charge >= 0.3 is 17.9 Å². The maximum absolute atomic E-state index is 14.0. The third-order valence-electron chi connectivity index (χ3n) is 10.4. The van der Waals surface area contributed by atoms with E-state index in [0.717, 1.165) is 29.7 Å². The van der Waals surface area contributed by atoms with Crippen LogP contribution in [0.15, 0.2) is 36.4 Å². The van der Waals surface area contributed by atoms with E-state index in [1.165, 1.54) is 14.0 Å². The first-order chi connectivity index (χ1) is 26.0. The maximum Gasteiger partial charge on any atom is 0.311 e. The molecular weight excluding hydrogens is 749 g/mol. The summed E-state index contributed by atoms with van der Waals surface area (Å²) in [7, 11) is 3.49. The molecule has 0 saturated carbocycles. The molecule has 6 unspecified atom stereocenters. The van der Waals surface area contributed by atoms with Crippen LogP contribution in [0.5, 0.6) is 0 Å². The van der Waals surface area contributed by atoms with Gasteiger partial charge in [-0.05, 0) is 93.5 Å². The molecule has 14 heteroatoms. The van der Waals surface area contributed by atoms with Gasteiger partial charge in [0.25, 0.3) is 0 Å². The SMILES string of the molecule is CCCCOC(=O)C(CC(C)C(=O)O)CC(CC(C)(CC(CC)C(=O)Nc1cccc(C2CN(C)Cc3c(Cl)cc(Cl)cc32)c1)C(=O)OCCOC)C(N)=O. The van der Waals surface area contributed by atoms with Crippen LogP contribution in [0.3, 0.4) is 0 Å². The topological polar surface area (TPSA) is 175 Å². The normalized spacial score (nSPS) is 17.5. The highest BCUT2D eigenvalue weighted by Gasteiger charge is 2.43. The number of ether oxygens (including phenoxy) is 3. The van der Waals surface area contributed by atoms with E-state index < -0.39 is 52.9 Å². The van der Waals surface area contributed by atoms with Gasteiger partial charge in [-0.25, -0.2) is 0 Å². The van der Waals surface area contributed by atoms with E-state index in [0.29, 0.717) is 35.1 Å². The molecule has 12 nitrogen and oxygen atoms in total. The molecule has 0 saturated heterocycles. The lowest BCUT2D eigenvalue weighted by atomic mass is 9.71. The van der Waals surface area contributed by atoms with E-state index in [1.807, 2.05) is 45.2 Å². The first kappa shape index (κ1) is 45.7. The number of likely N-dealkylation sites (N-methyl/N-ethyl adjacent to an activating group) is 1. The lowest BCUT2D eigenvalue weighted by Gasteiger charge is -2.34. The molecule has 0 radical (unpaired) electrons. The Morgan fingerprint density at radius 3 is 2.35 bits per heavy atom. The number of rotatable bonds is 22. The number of unbranched alkanes of at least 4 members (excludes halogenated alkanes) is 1. The van der Waals surface area contributed by atoms with Crippen molar-refractivity contribution >= 4 is 58.6 Å². The molecule has 4 N–H and O–H groups in total. The molecule has 1 aliphatic rings. The molecule has 0 spiro atoms. The van der Waals surface area contributed by atoms with Crippen molar-refractivity contribution < 1.29 is 43.3 Å². The predicted molar refractivity (Wildman–Crippen MR) is 212 cm³/mol. The molecule has 0 bridgehead atoms. The summed E-state index contributed by atoms with van der Waals surface area (Å²) in [4.78, 5) is 68.0. The third kappa shape index (κ3) is 13.2. The molecule has 0 aliphatic carbocycles. The number of aliphatic carboxylic acids is 1. The van der Waals surface area contributed by atoms with Gasteiger partial charge in [0.15, 0.2) is 0 Å². The number of nitrogens with one attached hydrogen (secondary N) is 1. The van der Waals surface area contributed by atoms with E-state index >= 15 is 0 Å². The number of halogens is 2. The van der Waals surface area contributed by atoms with Crippen LogP contribution >= 0.6 is 23.2 Å². The average molecular weight is 807 g/mol. The summed E-state index contributed by atoms with van der Waals surface area (Å²) in [5, 5.41) is 13.8. The van der Waals surface area contributed by atoms with E-state index in [9.17, 15) is 29.1 Å². The fraction of sp³-hybridized carbons (Fsp3) is 0.585. The smallest absolute Gasteiger partial charge is 0.311 e. The zero-order chi connectivity index (χ0) is 40.9. The molecule has 1 heterocycles. The fourth-order valence-electron chi connectivity index (χ4n) is 7.25. The molecule has 6 atom stereocenters. The number of methoxy groups -OCH3 is 1. The number of benzene rings is 2. The van der Waals surface area contributed by atoms with Crippen molar-refractivity contribution in [1.82, 2.24) is 4.90 Å². The Hall–Kier alpha value is -3.71. The van der Waals surface area contributed by atoms with Crippen molar-refractivity contribution in [3.8, 4) is 0 Å². The van der Waals surface area contributed by atoms with Crippen molar-refractivity contribution in [3.05, 3.63) is 63.1 Å². The van der Waals surface area contributed by atoms with Crippen LogP contribution in [0.25, 0.3) is 0 Å². The van der Waals surface area contributed by atoms with Gasteiger partial charge in [0, 0.05) is 53.7 Å². The molecule has 0 aromatic heterocycles. The molecule has 0 fully saturated rings. The van der Waals surface area contributed by atoms with Gasteiger partial charge in [-0.3, -0.25) is 24.0 Å².